The molecule has 18 heavy (non-hydrogen) atoms. The summed E-state index contributed by atoms with van der Waals surface area (Å²) in [5.41, 5.74) is 1.23. The SMILES string of the molecule is CC1CN(Cc2cc(F)cc(C#N)c2)CCCO1. The van der Waals surface area contributed by atoms with E-state index in [0.29, 0.717) is 12.1 Å². The van der Waals surface area contributed by atoms with Gasteiger partial charge in [0.2, 0.25) is 0 Å². The molecule has 0 saturated carbocycles. The lowest BCUT2D eigenvalue weighted by molar-refractivity contribution is 0.0668. The zero-order valence-corrected chi connectivity index (χ0v) is 10.5. The molecule has 1 aliphatic heterocycles. The highest BCUT2D eigenvalue weighted by atomic mass is 19.1. The van der Waals surface area contributed by atoms with Crippen LogP contribution in [-0.2, 0) is 11.3 Å². The molecule has 1 aromatic rings. The van der Waals surface area contributed by atoms with Gasteiger partial charge in [-0.1, -0.05) is 0 Å². The van der Waals surface area contributed by atoms with E-state index in [2.05, 4.69) is 4.90 Å². The highest BCUT2D eigenvalue weighted by Gasteiger charge is 2.15. The van der Waals surface area contributed by atoms with E-state index in [4.69, 9.17) is 10.00 Å². The van der Waals surface area contributed by atoms with Crippen molar-refractivity contribution in [2.24, 2.45) is 0 Å². The molecule has 1 unspecified atom stereocenters. The van der Waals surface area contributed by atoms with Gasteiger partial charge in [-0.3, -0.25) is 4.90 Å². The van der Waals surface area contributed by atoms with Crippen LogP contribution >= 0.6 is 0 Å². The Kier molecular flexibility index (Phi) is 4.29. The van der Waals surface area contributed by atoms with Gasteiger partial charge in [0.1, 0.15) is 5.82 Å². The van der Waals surface area contributed by atoms with Crippen LogP contribution in [0.4, 0.5) is 4.39 Å². The summed E-state index contributed by atoms with van der Waals surface area (Å²) in [6.07, 6.45) is 1.20. The molecular formula is C14H17FN2O. The molecule has 0 amide bonds. The molecule has 96 valence electrons. The molecule has 0 aliphatic carbocycles. The van der Waals surface area contributed by atoms with Crippen LogP contribution in [0.25, 0.3) is 0 Å². The molecule has 0 radical (unpaired) electrons. The standard InChI is InChI=1S/C14H17FN2O/c1-11-9-17(3-2-4-18-11)10-13-5-12(8-16)6-14(15)7-13/h5-7,11H,2-4,9-10H2,1H3. The second kappa shape index (κ2) is 5.94. The fraction of sp³-hybridized carbons (Fsp3) is 0.500. The topological polar surface area (TPSA) is 36.3 Å². The number of ether oxygens (including phenoxy) is 1. The van der Waals surface area contributed by atoms with Gasteiger partial charge in [-0.25, -0.2) is 4.39 Å². The second-order valence-electron chi connectivity index (χ2n) is 4.73. The van der Waals surface area contributed by atoms with E-state index in [1.807, 2.05) is 13.0 Å². The molecule has 2 rings (SSSR count). The smallest absolute Gasteiger partial charge is 0.124 e. The van der Waals surface area contributed by atoms with Crippen LogP contribution in [0.15, 0.2) is 18.2 Å². The first kappa shape index (κ1) is 13.0. The maximum absolute atomic E-state index is 13.3. The van der Waals surface area contributed by atoms with E-state index in [9.17, 15) is 4.39 Å². The van der Waals surface area contributed by atoms with Crippen molar-refractivity contribution in [1.29, 1.82) is 5.26 Å². The van der Waals surface area contributed by atoms with Gasteiger partial charge in [0.25, 0.3) is 0 Å². The number of halogens is 1. The van der Waals surface area contributed by atoms with Crippen molar-refractivity contribution >= 4 is 0 Å². The zero-order valence-electron chi connectivity index (χ0n) is 10.5. The number of hydrogen-bond acceptors (Lipinski definition) is 3. The van der Waals surface area contributed by atoms with Crippen LogP contribution in [0, 0.1) is 17.1 Å². The van der Waals surface area contributed by atoms with Gasteiger partial charge in [-0.05, 0) is 37.1 Å². The Morgan fingerprint density at radius 1 is 1.50 bits per heavy atom. The van der Waals surface area contributed by atoms with Gasteiger partial charge in [0, 0.05) is 26.2 Å². The molecule has 4 heteroatoms. The summed E-state index contributed by atoms with van der Waals surface area (Å²) < 4.78 is 18.9. The van der Waals surface area contributed by atoms with Crippen LogP contribution in [0.5, 0.6) is 0 Å². The van der Waals surface area contributed by atoms with Crippen molar-refractivity contribution in [2.45, 2.75) is 26.0 Å². The number of rotatable bonds is 2. The lowest BCUT2D eigenvalue weighted by atomic mass is 10.1. The Morgan fingerprint density at radius 3 is 3.11 bits per heavy atom. The van der Waals surface area contributed by atoms with Crippen molar-refractivity contribution in [3.63, 3.8) is 0 Å². The number of nitriles is 1. The third kappa shape index (κ3) is 3.52. The zero-order chi connectivity index (χ0) is 13.0. The average Bonchev–Trinajstić information content (AvgIpc) is 2.52. The molecule has 1 fully saturated rings. The van der Waals surface area contributed by atoms with Crippen molar-refractivity contribution in [1.82, 2.24) is 4.90 Å². The summed E-state index contributed by atoms with van der Waals surface area (Å²) in [5.74, 6) is -0.344. The van der Waals surface area contributed by atoms with E-state index in [-0.39, 0.29) is 11.9 Å². The van der Waals surface area contributed by atoms with Crippen molar-refractivity contribution < 1.29 is 9.13 Å². The van der Waals surface area contributed by atoms with Crippen LogP contribution in [0.1, 0.15) is 24.5 Å². The number of hydrogen-bond donors (Lipinski definition) is 0. The van der Waals surface area contributed by atoms with Gasteiger partial charge in [0.05, 0.1) is 17.7 Å². The van der Waals surface area contributed by atoms with E-state index < -0.39 is 0 Å². The third-order valence-electron chi connectivity index (χ3n) is 3.03. The Balaban J connectivity index is 2.08. The Morgan fingerprint density at radius 2 is 2.33 bits per heavy atom. The first-order chi connectivity index (χ1) is 8.67. The molecular weight excluding hydrogens is 231 g/mol. The molecule has 0 bridgehead atoms. The van der Waals surface area contributed by atoms with Gasteiger partial charge >= 0.3 is 0 Å². The fourth-order valence-electron chi connectivity index (χ4n) is 2.29. The van der Waals surface area contributed by atoms with Crippen LogP contribution in [0.3, 0.4) is 0 Å². The molecule has 1 saturated heterocycles. The number of nitrogens with zero attached hydrogens (tertiary/aromatic N) is 2. The summed E-state index contributed by atoms with van der Waals surface area (Å²) in [5, 5.41) is 8.83. The number of benzene rings is 1. The van der Waals surface area contributed by atoms with Crippen LogP contribution in [0.2, 0.25) is 0 Å². The molecule has 0 N–H and O–H groups in total. The van der Waals surface area contributed by atoms with Gasteiger partial charge in [-0.2, -0.15) is 5.26 Å². The molecule has 1 aliphatic rings. The Hall–Kier alpha value is -1.44. The van der Waals surface area contributed by atoms with Crippen molar-refractivity contribution in [3.8, 4) is 6.07 Å². The third-order valence-corrected chi connectivity index (χ3v) is 3.03. The summed E-state index contributed by atoms with van der Waals surface area (Å²) in [7, 11) is 0. The largest absolute Gasteiger partial charge is 0.377 e. The summed E-state index contributed by atoms with van der Waals surface area (Å²) in [4.78, 5) is 2.24. The van der Waals surface area contributed by atoms with Gasteiger partial charge < -0.3 is 4.74 Å². The predicted molar refractivity (Wildman–Crippen MR) is 66.4 cm³/mol. The molecule has 1 heterocycles. The van der Waals surface area contributed by atoms with Crippen LogP contribution in [-0.4, -0.2) is 30.7 Å². The monoisotopic (exact) mass is 248 g/mol. The van der Waals surface area contributed by atoms with Crippen LogP contribution < -0.4 is 0 Å². The minimum absolute atomic E-state index is 0.205. The summed E-state index contributed by atoms with van der Waals surface area (Å²) >= 11 is 0. The normalized spacial score (nSPS) is 21.3. The van der Waals surface area contributed by atoms with Gasteiger partial charge in [0.15, 0.2) is 0 Å². The predicted octanol–water partition coefficient (Wildman–Crippen LogP) is 2.31. The van der Waals surface area contributed by atoms with Crippen molar-refractivity contribution in [3.05, 3.63) is 35.1 Å². The molecule has 0 spiro atoms. The first-order valence-corrected chi connectivity index (χ1v) is 6.21. The second-order valence-corrected chi connectivity index (χ2v) is 4.73. The van der Waals surface area contributed by atoms with Gasteiger partial charge in [-0.15, -0.1) is 0 Å². The molecule has 1 aromatic carbocycles. The maximum atomic E-state index is 13.3. The fourth-order valence-corrected chi connectivity index (χ4v) is 2.29. The highest BCUT2D eigenvalue weighted by Crippen LogP contribution is 2.13. The highest BCUT2D eigenvalue weighted by molar-refractivity contribution is 5.33. The Labute approximate surface area is 107 Å². The minimum atomic E-state index is -0.344. The lowest BCUT2D eigenvalue weighted by Gasteiger charge is -2.21. The minimum Gasteiger partial charge on any atom is -0.377 e. The molecule has 0 aromatic heterocycles. The summed E-state index contributed by atoms with van der Waals surface area (Å²) in [6.45, 7) is 5.29. The van der Waals surface area contributed by atoms with E-state index in [0.717, 1.165) is 31.7 Å². The van der Waals surface area contributed by atoms with E-state index in [1.54, 1.807) is 6.07 Å². The average molecular weight is 248 g/mol. The summed E-state index contributed by atoms with van der Waals surface area (Å²) in [6, 6.07) is 6.49. The lowest BCUT2D eigenvalue weighted by Crippen LogP contribution is -2.29. The van der Waals surface area contributed by atoms with E-state index in [1.165, 1.54) is 12.1 Å². The molecule has 3 nitrogen and oxygen atoms in total. The first-order valence-electron chi connectivity index (χ1n) is 6.21. The quantitative estimate of drug-likeness (QED) is 0.805. The maximum Gasteiger partial charge on any atom is 0.124 e. The molecule has 1 atom stereocenters. The van der Waals surface area contributed by atoms with Crippen molar-refractivity contribution in [2.75, 3.05) is 19.7 Å². The Bertz CT molecular complexity index is 456. The van der Waals surface area contributed by atoms with E-state index >= 15 is 0 Å².